The Balaban J connectivity index is 1.97. The molecule has 1 aliphatic rings. The Labute approximate surface area is 254 Å². The number of aliphatic hydroxyl groups is 2. The Morgan fingerprint density at radius 1 is 1.11 bits per heavy atom. The predicted octanol–water partition coefficient (Wildman–Crippen LogP) is -0.803. The second kappa shape index (κ2) is 17.3. The first-order valence-corrected chi connectivity index (χ1v) is 13.7. The number of amides is 3. The number of rotatable bonds is 16. The van der Waals surface area contributed by atoms with Crippen LogP contribution in [0.3, 0.4) is 0 Å². The van der Waals surface area contributed by atoms with Crippen LogP contribution in [-0.2, 0) is 19.1 Å². The molecule has 0 spiro atoms. The summed E-state index contributed by atoms with van der Waals surface area (Å²) in [6.07, 6.45) is 0.615. The Morgan fingerprint density at radius 2 is 1.80 bits per heavy atom. The van der Waals surface area contributed by atoms with Crippen LogP contribution in [0.1, 0.15) is 32.8 Å². The summed E-state index contributed by atoms with van der Waals surface area (Å²) in [6, 6.07) is 3.08. The highest BCUT2D eigenvalue weighted by atomic mass is 16.7. The van der Waals surface area contributed by atoms with Crippen molar-refractivity contribution in [1.82, 2.24) is 16.0 Å². The number of hydrogen-bond acceptors (Lipinski definition) is 10. The summed E-state index contributed by atoms with van der Waals surface area (Å²) >= 11 is 0. The van der Waals surface area contributed by atoms with E-state index in [0.717, 1.165) is 5.56 Å². The van der Waals surface area contributed by atoms with Gasteiger partial charge in [-0.1, -0.05) is 13.0 Å². The number of fused-ring (bicyclic) bond motifs is 1. The molecule has 10 N–H and O–H groups in total. The molecule has 0 radical (unpaired) electrons. The van der Waals surface area contributed by atoms with Gasteiger partial charge in [-0.2, -0.15) is 0 Å². The van der Waals surface area contributed by atoms with E-state index < -0.39 is 60.7 Å². The minimum absolute atomic E-state index is 0.0909. The quantitative estimate of drug-likeness (QED) is 0.0489. The fourth-order valence-electron chi connectivity index (χ4n) is 4.23. The molecule has 1 aromatic carbocycles. The number of aliphatic hydroxyl groups excluding tert-OH is 2. The SMILES string of the molecule is CC(=O)N[C@@H]([C@@H](C)[C@H](OC(=O)NCCCNC(=O)/C=C/c1ccc2c(c1)OCO2)[C@H](O)CO)[C@H](/C=C(\C)C(=O)O)N=C(N)N. The average Bonchev–Trinajstić information content (AvgIpc) is 3.44. The number of ether oxygens (including phenoxy) is 3. The van der Waals surface area contributed by atoms with Crippen LogP contribution in [0.15, 0.2) is 40.9 Å². The Bertz CT molecular complexity index is 1260. The van der Waals surface area contributed by atoms with E-state index in [1.54, 1.807) is 24.3 Å². The first-order chi connectivity index (χ1) is 20.8. The summed E-state index contributed by atoms with van der Waals surface area (Å²) in [5, 5.41) is 37.2. The number of guanidine groups is 1. The summed E-state index contributed by atoms with van der Waals surface area (Å²) in [4.78, 5) is 52.2. The maximum Gasteiger partial charge on any atom is 0.407 e. The molecule has 1 heterocycles. The van der Waals surface area contributed by atoms with Crippen molar-refractivity contribution in [1.29, 1.82) is 0 Å². The summed E-state index contributed by atoms with van der Waals surface area (Å²) in [5.74, 6) is -2.25. The van der Waals surface area contributed by atoms with Crippen molar-refractivity contribution in [2.75, 3.05) is 26.5 Å². The number of nitrogens with one attached hydrogen (secondary N) is 3. The lowest BCUT2D eigenvalue weighted by Crippen LogP contribution is -2.54. The van der Waals surface area contributed by atoms with Crippen LogP contribution in [0.4, 0.5) is 4.79 Å². The molecule has 0 bridgehead atoms. The molecule has 242 valence electrons. The number of carboxylic acid groups (broad SMARTS) is 1. The number of nitrogens with two attached hydrogens (primary N) is 2. The van der Waals surface area contributed by atoms with Crippen molar-refractivity contribution in [3.8, 4) is 11.5 Å². The van der Waals surface area contributed by atoms with Crippen molar-refractivity contribution in [3.05, 3.63) is 41.5 Å². The number of carbonyl (C=O) groups is 4. The number of benzene rings is 1. The lowest BCUT2D eigenvalue weighted by Gasteiger charge is -2.35. The van der Waals surface area contributed by atoms with Crippen LogP contribution in [0.5, 0.6) is 11.5 Å². The zero-order chi connectivity index (χ0) is 32.8. The Kier molecular flexibility index (Phi) is 13.9. The normalized spacial score (nSPS) is 15.8. The summed E-state index contributed by atoms with van der Waals surface area (Å²) in [5.41, 5.74) is 11.7. The molecular weight excluding hydrogens is 580 g/mol. The second-order valence-electron chi connectivity index (χ2n) is 9.92. The molecule has 0 unspecified atom stereocenters. The standard InChI is InChI=1S/C28H40N6O10/c1-15(26(39)40)11-19(34-27(29)30)24(33-17(3)36)16(2)25(20(37)13-35)44-28(41)32-10-4-9-31-23(38)8-6-18-5-7-21-22(12-18)43-14-42-21/h5-8,11-12,16,19-20,24-25,35,37H,4,9-10,13-14H2,1-3H3,(H,31,38)(H,32,41)(H,33,36)(H,39,40)(H4,29,30,34)/b8-6+,15-11+/t16-,19+,20-,24+,25+/m1/s1. The van der Waals surface area contributed by atoms with Crippen molar-refractivity contribution >= 4 is 35.9 Å². The molecule has 0 saturated carbocycles. The van der Waals surface area contributed by atoms with Crippen molar-refractivity contribution in [3.63, 3.8) is 0 Å². The molecule has 1 aromatic rings. The molecule has 3 amide bonds. The van der Waals surface area contributed by atoms with Gasteiger partial charge in [-0.25, -0.2) is 14.6 Å². The van der Waals surface area contributed by atoms with Gasteiger partial charge in [0.05, 0.1) is 18.7 Å². The van der Waals surface area contributed by atoms with Gasteiger partial charge in [0.1, 0.15) is 12.2 Å². The molecule has 0 fully saturated rings. The molecule has 0 aliphatic carbocycles. The number of carboxylic acids is 1. The first kappa shape index (κ1) is 35.4. The number of nitrogens with zero attached hydrogens (tertiary/aromatic N) is 1. The third kappa shape index (κ3) is 11.4. The van der Waals surface area contributed by atoms with Crippen molar-refractivity contribution in [2.24, 2.45) is 22.4 Å². The highest BCUT2D eigenvalue weighted by Gasteiger charge is 2.38. The fraction of sp³-hybridized carbons (Fsp3) is 0.464. The van der Waals surface area contributed by atoms with Crippen molar-refractivity contribution < 1.29 is 48.7 Å². The molecule has 16 heteroatoms. The van der Waals surface area contributed by atoms with Crippen LogP contribution in [0.25, 0.3) is 6.08 Å². The minimum Gasteiger partial charge on any atom is -0.478 e. The van der Waals surface area contributed by atoms with Crippen LogP contribution in [-0.4, -0.2) is 95.9 Å². The highest BCUT2D eigenvalue weighted by Crippen LogP contribution is 2.32. The predicted molar refractivity (Wildman–Crippen MR) is 158 cm³/mol. The van der Waals surface area contributed by atoms with E-state index in [-0.39, 0.29) is 31.4 Å². The van der Waals surface area contributed by atoms with Gasteiger partial charge in [-0.05, 0) is 43.2 Å². The summed E-state index contributed by atoms with van der Waals surface area (Å²) < 4.78 is 16.0. The monoisotopic (exact) mass is 620 g/mol. The summed E-state index contributed by atoms with van der Waals surface area (Å²) in [7, 11) is 0. The van der Waals surface area contributed by atoms with E-state index in [1.165, 1.54) is 32.9 Å². The van der Waals surface area contributed by atoms with Gasteiger partial charge >= 0.3 is 12.1 Å². The van der Waals surface area contributed by atoms with E-state index in [9.17, 15) is 34.5 Å². The number of hydrogen-bond donors (Lipinski definition) is 8. The van der Waals surface area contributed by atoms with Crippen LogP contribution in [0.2, 0.25) is 0 Å². The highest BCUT2D eigenvalue weighted by molar-refractivity contribution is 5.91. The molecule has 1 aliphatic heterocycles. The average molecular weight is 621 g/mol. The smallest absolute Gasteiger partial charge is 0.407 e. The first-order valence-electron chi connectivity index (χ1n) is 13.7. The van der Waals surface area contributed by atoms with Crippen molar-refractivity contribution in [2.45, 2.75) is 51.5 Å². The van der Waals surface area contributed by atoms with Crippen LogP contribution < -0.4 is 36.9 Å². The number of aliphatic carboxylic acids is 1. The Morgan fingerprint density at radius 3 is 2.43 bits per heavy atom. The zero-order valence-electron chi connectivity index (χ0n) is 24.7. The molecule has 5 atom stereocenters. The van der Waals surface area contributed by atoms with E-state index in [4.69, 9.17) is 25.7 Å². The molecule has 2 rings (SSSR count). The number of alkyl carbamates (subject to hydrolysis) is 1. The maximum absolute atomic E-state index is 12.6. The fourth-order valence-corrected chi connectivity index (χ4v) is 4.23. The molecule has 16 nitrogen and oxygen atoms in total. The van der Waals surface area contributed by atoms with Gasteiger partial charge in [0, 0.05) is 37.6 Å². The minimum atomic E-state index is -1.58. The number of aliphatic imine (C=N–C) groups is 1. The largest absolute Gasteiger partial charge is 0.478 e. The third-order valence-corrected chi connectivity index (χ3v) is 6.43. The lowest BCUT2D eigenvalue weighted by atomic mass is 9.86. The lowest BCUT2D eigenvalue weighted by molar-refractivity contribution is -0.132. The van der Waals surface area contributed by atoms with E-state index >= 15 is 0 Å². The molecular formula is C28H40N6O10. The van der Waals surface area contributed by atoms with Gasteiger partial charge < -0.3 is 56.9 Å². The van der Waals surface area contributed by atoms with Gasteiger partial charge in [0.15, 0.2) is 17.5 Å². The second-order valence-corrected chi connectivity index (χ2v) is 9.92. The van der Waals surface area contributed by atoms with Crippen LogP contribution >= 0.6 is 0 Å². The van der Waals surface area contributed by atoms with Gasteiger partial charge in [-0.15, -0.1) is 0 Å². The molecule has 0 aromatic heterocycles. The maximum atomic E-state index is 12.6. The van der Waals surface area contributed by atoms with Crippen LogP contribution in [0, 0.1) is 5.92 Å². The summed E-state index contributed by atoms with van der Waals surface area (Å²) in [6.45, 7) is 3.68. The van der Waals surface area contributed by atoms with Gasteiger partial charge in [0.25, 0.3) is 0 Å². The van der Waals surface area contributed by atoms with Gasteiger partial charge in [0.2, 0.25) is 18.6 Å². The zero-order valence-corrected chi connectivity index (χ0v) is 24.7. The van der Waals surface area contributed by atoms with E-state index in [1.807, 2.05) is 0 Å². The third-order valence-electron chi connectivity index (χ3n) is 6.43. The van der Waals surface area contributed by atoms with E-state index in [2.05, 4.69) is 20.9 Å². The van der Waals surface area contributed by atoms with E-state index in [0.29, 0.717) is 17.9 Å². The topological polar surface area (TPSA) is 257 Å². The number of carbonyl (C=O) groups excluding carboxylic acids is 3. The van der Waals surface area contributed by atoms with Gasteiger partial charge in [-0.3, -0.25) is 9.59 Å². The molecule has 0 saturated heterocycles. The Hall–Kier alpha value is -4.83. The molecule has 44 heavy (non-hydrogen) atoms.